The van der Waals surface area contributed by atoms with E-state index in [-0.39, 0.29) is 18.5 Å². The van der Waals surface area contributed by atoms with Crippen LogP contribution < -0.4 is 0 Å². The van der Waals surface area contributed by atoms with Gasteiger partial charge in [-0.25, -0.2) is 0 Å². The molecule has 0 unspecified atom stereocenters. The Morgan fingerprint density at radius 2 is 2.31 bits per heavy atom. The summed E-state index contributed by atoms with van der Waals surface area (Å²) in [6.45, 7) is 6.17. The number of aliphatic hydroxyl groups excluding tert-OH is 1. The van der Waals surface area contributed by atoms with Crippen LogP contribution in [0.5, 0.6) is 0 Å². The Kier molecular flexibility index (Phi) is 4.70. The minimum absolute atomic E-state index is 0.00806. The summed E-state index contributed by atoms with van der Waals surface area (Å²) in [7, 11) is 0. The molecule has 1 rings (SSSR count). The zero-order valence-corrected chi connectivity index (χ0v) is 10.1. The molecule has 0 radical (unpaired) electrons. The number of carbonyl (C=O) groups is 1. The number of hydrogen-bond donors (Lipinski definition) is 1. The summed E-state index contributed by atoms with van der Waals surface area (Å²) in [5.41, 5.74) is 0. The van der Waals surface area contributed by atoms with Gasteiger partial charge in [0.25, 0.3) is 0 Å². The van der Waals surface area contributed by atoms with Gasteiger partial charge in [-0.15, -0.1) is 0 Å². The zero-order chi connectivity index (χ0) is 12.2. The molecule has 0 aromatic carbocycles. The summed E-state index contributed by atoms with van der Waals surface area (Å²) in [4.78, 5) is 11.1. The maximum atomic E-state index is 11.1. The molecule has 0 aliphatic carbocycles. The lowest BCUT2D eigenvalue weighted by Gasteiger charge is -2.18. The molecule has 16 heavy (non-hydrogen) atoms. The molecule has 1 heterocycles. The molecule has 0 saturated carbocycles. The van der Waals surface area contributed by atoms with Gasteiger partial charge in [0, 0.05) is 6.42 Å². The fourth-order valence-electron chi connectivity index (χ4n) is 1.68. The molecule has 0 spiro atoms. The third-order valence-electron chi connectivity index (χ3n) is 2.31. The van der Waals surface area contributed by atoms with Crippen molar-refractivity contribution in [2.45, 2.75) is 51.6 Å². The highest BCUT2D eigenvalue weighted by atomic mass is 16.7. The Labute approximate surface area is 95.7 Å². The van der Waals surface area contributed by atoms with Gasteiger partial charge in [-0.1, -0.05) is 0 Å². The molecule has 94 valence electrons. The van der Waals surface area contributed by atoms with E-state index in [4.69, 9.17) is 14.2 Å². The summed E-state index contributed by atoms with van der Waals surface area (Å²) in [5, 5.41) is 9.64. The SMILES string of the molecule is CCOC(=O)C[C@@H](O)C[C@H]1COC(C)(C)O1. The predicted octanol–water partition coefficient (Wildman–Crippen LogP) is 0.842. The topological polar surface area (TPSA) is 65.0 Å². The third-order valence-corrected chi connectivity index (χ3v) is 2.31. The maximum absolute atomic E-state index is 11.1. The summed E-state index contributed by atoms with van der Waals surface area (Å²) in [6, 6.07) is 0. The molecule has 1 saturated heterocycles. The van der Waals surface area contributed by atoms with Gasteiger partial charge in [-0.05, 0) is 20.8 Å². The lowest BCUT2D eigenvalue weighted by Crippen LogP contribution is -2.25. The van der Waals surface area contributed by atoms with Crippen LogP contribution in [0.2, 0.25) is 0 Å². The monoisotopic (exact) mass is 232 g/mol. The molecule has 1 fully saturated rings. The average Bonchev–Trinajstić information content (AvgIpc) is 2.45. The largest absolute Gasteiger partial charge is 0.466 e. The van der Waals surface area contributed by atoms with Crippen molar-refractivity contribution in [3.63, 3.8) is 0 Å². The second-order valence-electron chi connectivity index (χ2n) is 4.35. The van der Waals surface area contributed by atoms with Gasteiger partial charge < -0.3 is 19.3 Å². The second-order valence-corrected chi connectivity index (χ2v) is 4.35. The molecule has 5 nitrogen and oxygen atoms in total. The average molecular weight is 232 g/mol. The minimum Gasteiger partial charge on any atom is -0.466 e. The van der Waals surface area contributed by atoms with Gasteiger partial charge in [0.1, 0.15) is 0 Å². The van der Waals surface area contributed by atoms with E-state index in [0.29, 0.717) is 19.6 Å². The van der Waals surface area contributed by atoms with E-state index in [1.807, 2.05) is 13.8 Å². The third kappa shape index (κ3) is 4.47. The number of rotatable bonds is 5. The standard InChI is InChI=1S/C11H20O5/c1-4-14-10(13)6-8(12)5-9-7-15-11(2,3)16-9/h8-9,12H,4-7H2,1-3H3/t8-,9-/m0/s1. The van der Waals surface area contributed by atoms with Crippen LogP contribution in [0.4, 0.5) is 0 Å². The summed E-state index contributed by atoms with van der Waals surface area (Å²) in [6.07, 6.45) is -0.489. The van der Waals surface area contributed by atoms with Crippen LogP contribution in [-0.2, 0) is 19.0 Å². The zero-order valence-electron chi connectivity index (χ0n) is 10.1. The van der Waals surface area contributed by atoms with Crippen LogP contribution in [0, 0.1) is 0 Å². The molecular formula is C11H20O5. The Balaban J connectivity index is 2.24. The van der Waals surface area contributed by atoms with Gasteiger partial charge in [0.15, 0.2) is 5.79 Å². The van der Waals surface area contributed by atoms with E-state index >= 15 is 0 Å². The Bertz CT molecular complexity index is 239. The van der Waals surface area contributed by atoms with Crippen molar-refractivity contribution in [2.24, 2.45) is 0 Å². The van der Waals surface area contributed by atoms with Crippen LogP contribution in [0.3, 0.4) is 0 Å². The minimum atomic E-state index is -0.735. The van der Waals surface area contributed by atoms with Crippen LogP contribution in [0.25, 0.3) is 0 Å². The quantitative estimate of drug-likeness (QED) is 0.712. The molecule has 2 atom stereocenters. The highest BCUT2D eigenvalue weighted by molar-refractivity contribution is 5.69. The smallest absolute Gasteiger partial charge is 0.308 e. The normalized spacial score (nSPS) is 25.4. The first-order valence-electron chi connectivity index (χ1n) is 5.58. The molecule has 0 aromatic rings. The molecule has 1 N–H and O–H groups in total. The first-order chi connectivity index (χ1) is 7.43. The Hall–Kier alpha value is -0.650. The molecule has 0 bridgehead atoms. The molecule has 1 aliphatic heterocycles. The predicted molar refractivity (Wildman–Crippen MR) is 56.8 cm³/mol. The first-order valence-corrected chi connectivity index (χ1v) is 5.58. The number of esters is 1. The van der Waals surface area contributed by atoms with E-state index in [0.717, 1.165) is 0 Å². The number of hydrogen-bond acceptors (Lipinski definition) is 5. The highest BCUT2D eigenvalue weighted by Crippen LogP contribution is 2.25. The lowest BCUT2D eigenvalue weighted by atomic mass is 10.1. The molecule has 5 heteroatoms. The molecule has 0 aromatic heterocycles. The van der Waals surface area contributed by atoms with E-state index in [9.17, 15) is 9.90 Å². The van der Waals surface area contributed by atoms with Crippen molar-refractivity contribution in [3.05, 3.63) is 0 Å². The Morgan fingerprint density at radius 3 is 2.81 bits per heavy atom. The fourth-order valence-corrected chi connectivity index (χ4v) is 1.68. The van der Waals surface area contributed by atoms with Gasteiger partial charge >= 0.3 is 5.97 Å². The summed E-state index contributed by atoms with van der Waals surface area (Å²) >= 11 is 0. The van der Waals surface area contributed by atoms with Gasteiger partial charge in [0.05, 0.1) is 31.8 Å². The molecule has 0 amide bonds. The van der Waals surface area contributed by atoms with Gasteiger partial charge in [0.2, 0.25) is 0 Å². The van der Waals surface area contributed by atoms with Crippen molar-refractivity contribution in [3.8, 4) is 0 Å². The van der Waals surface area contributed by atoms with Crippen molar-refractivity contribution < 1.29 is 24.1 Å². The van der Waals surface area contributed by atoms with Crippen molar-refractivity contribution in [1.29, 1.82) is 0 Å². The van der Waals surface area contributed by atoms with Crippen LogP contribution in [0.1, 0.15) is 33.6 Å². The number of aliphatic hydroxyl groups is 1. The summed E-state index contributed by atoms with van der Waals surface area (Å²) in [5.74, 6) is -0.970. The van der Waals surface area contributed by atoms with Crippen LogP contribution in [-0.4, -0.2) is 42.3 Å². The van der Waals surface area contributed by atoms with E-state index in [2.05, 4.69) is 0 Å². The van der Waals surface area contributed by atoms with Crippen molar-refractivity contribution in [1.82, 2.24) is 0 Å². The number of ether oxygens (including phenoxy) is 3. The van der Waals surface area contributed by atoms with E-state index < -0.39 is 11.9 Å². The molecule has 1 aliphatic rings. The van der Waals surface area contributed by atoms with Crippen LogP contribution in [0.15, 0.2) is 0 Å². The van der Waals surface area contributed by atoms with E-state index in [1.165, 1.54) is 0 Å². The lowest BCUT2D eigenvalue weighted by molar-refractivity contribution is -0.148. The van der Waals surface area contributed by atoms with Crippen LogP contribution >= 0.6 is 0 Å². The Morgan fingerprint density at radius 1 is 1.62 bits per heavy atom. The van der Waals surface area contributed by atoms with E-state index in [1.54, 1.807) is 6.92 Å². The van der Waals surface area contributed by atoms with Crippen molar-refractivity contribution in [2.75, 3.05) is 13.2 Å². The maximum Gasteiger partial charge on any atom is 0.308 e. The van der Waals surface area contributed by atoms with Gasteiger partial charge in [-0.2, -0.15) is 0 Å². The first kappa shape index (κ1) is 13.4. The summed E-state index contributed by atoms with van der Waals surface area (Å²) < 4.78 is 15.6. The van der Waals surface area contributed by atoms with Gasteiger partial charge in [-0.3, -0.25) is 4.79 Å². The number of carbonyl (C=O) groups excluding carboxylic acids is 1. The second kappa shape index (κ2) is 5.61. The molecular weight excluding hydrogens is 212 g/mol. The fraction of sp³-hybridized carbons (Fsp3) is 0.909. The van der Waals surface area contributed by atoms with Crippen molar-refractivity contribution >= 4 is 5.97 Å². The highest BCUT2D eigenvalue weighted by Gasteiger charge is 2.33.